The van der Waals surface area contributed by atoms with E-state index in [2.05, 4.69) is 48.0 Å². The molecule has 5 heterocycles. The average molecular weight is 352 g/mol. The molecule has 26 heavy (non-hydrogen) atoms. The van der Waals surface area contributed by atoms with Crippen molar-refractivity contribution in [3.63, 3.8) is 0 Å². The highest BCUT2D eigenvalue weighted by molar-refractivity contribution is 5.70. The van der Waals surface area contributed by atoms with E-state index in [-0.39, 0.29) is 17.5 Å². The third-order valence-electron chi connectivity index (χ3n) is 8.67. The Labute approximate surface area is 155 Å². The molecule has 4 saturated heterocycles. The molecule has 0 N–H and O–H groups in total. The highest BCUT2D eigenvalue weighted by atomic mass is 16.5. The SMILES string of the molecule is CC[C@@H]1CN2[C@H]3C[C@@]45c6ccccc6N(C)[C@H]4[C@@H]2C[C@@H]1[C@@H]3[C@H]5OC(C)=O. The van der Waals surface area contributed by atoms with Crippen LogP contribution in [0.3, 0.4) is 0 Å². The zero-order valence-corrected chi connectivity index (χ0v) is 15.9. The first kappa shape index (κ1) is 15.5. The van der Waals surface area contributed by atoms with Crippen LogP contribution in [0.1, 0.15) is 38.7 Å². The van der Waals surface area contributed by atoms with Gasteiger partial charge in [0.2, 0.25) is 0 Å². The van der Waals surface area contributed by atoms with Crippen LogP contribution in [0.4, 0.5) is 5.69 Å². The molecule has 0 amide bonds. The van der Waals surface area contributed by atoms with E-state index in [0.29, 0.717) is 24.0 Å². The minimum Gasteiger partial charge on any atom is -0.461 e. The Balaban J connectivity index is 1.59. The normalized spacial score (nSPS) is 49.3. The highest BCUT2D eigenvalue weighted by Gasteiger charge is 2.76. The number of nitrogens with zero attached hydrogens (tertiary/aromatic N) is 2. The summed E-state index contributed by atoms with van der Waals surface area (Å²) in [6.07, 6.45) is 3.72. The van der Waals surface area contributed by atoms with Gasteiger partial charge in [0, 0.05) is 44.2 Å². The van der Waals surface area contributed by atoms with Crippen LogP contribution in [-0.2, 0) is 14.9 Å². The lowest BCUT2D eigenvalue weighted by Gasteiger charge is -2.60. The van der Waals surface area contributed by atoms with Gasteiger partial charge in [0.25, 0.3) is 0 Å². The van der Waals surface area contributed by atoms with Crippen molar-refractivity contribution in [3.8, 4) is 0 Å². The van der Waals surface area contributed by atoms with Crippen molar-refractivity contribution >= 4 is 11.7 Å². The summed E-state index contributed by atoms with van der Waals surface area (Å²) < 4.78 is 6.22. The Morgan fingerprint density at radius 3 is 2.88 bits per heavy atom. The number of piperidine rings is 4. The lowest BCUT2D eigenvalue weighted by Crippen LogP contribution is -2.69. The molecule has 9 atom stereocenters. The molecule has 5 aliphatic heterocycles. The number of rotatable bonds is 2. The molecule has 4 heteroatoms. The molecule has 6 aliphatic rings. The van der Waals surface area contributed by atoms with Crippen LogP contribution in [0.5, 0.6) is 0 Å². The predicted octanol–water partition coefficient (Wildman–Crippen LogP) is 2.81. The number of likely N-dealkylation sites (N-methyl/N-ethyl adjacent to an activating group) is 1. The fourth-order valence-corrected chi connectivity index (χ4v) is 8.08. The Morgan fingerprint density at radius 2 is 2.12 bits per heavy atom. The van der Waals surface area contributed by atoms with Gasteiger partial charge in [0.1, 0.15) is 6.10 Å². The summed E-state index contributed by atoms with van der Waals surface area (Å²) in [4.78, 5) is 17.5. The Bertz CT molecular complexity index is 794. The van der Waals surface area contributed by atoms with E-state index in [4.69, 9.17) is 4.74 Å². The molecule has 7 rings (SSSR count). The predicted molar refractivity (Wildman–Crippen MR) is 100 cm³/mol. The van der Waals surface area contributed by atoms with Gasteiger partial charge in [-0.1, -0.05) is 31.5 Å². The van der Waals surface area contributed by atoms with Gasteiger partial charge >= 0.3 is 5.97 Å². The van der Waals surface area contributed by atoms with E-state index < -0.39 is 0 Å². The molecule has 0 radical (unpaired) electrons. The van der Waals surface area contributed by atoms with Gasteiger partial charge < -0.3 is 9.64 Å². The summed E-state index contributed by atoms with van der Waals surface area (Å²) in [5.41, 5.74) is 2.78. The highest BCUT2D eigenvalue weighted by Crippen LogP contribution is 2.68. The Morgan fingerprint density at radius 1 is 1.31 bits per heavy atom. The number of para-hydroxylation sites is 1. The molecule has 5 fully saturated rings. The summed E-state index contributed by atoms with van der Waals surface area (Å²) in [7, 11) is 2.27. The smallest absolute Gasteiger partial charge is 0.302 e. The third kappa shape index (κ3) is 1.52. The van der Waals surface area contributed by atoms with Crippen molar-refractivity contribution in [2.45, 2.75) is 62.8 Å². The van der Waals surface area contributed by atoms with Gasteiger partial charge in [-0.2, -0.15) is 0 Å². The number of fused-ring (bicyclic) bond motifs is 2. The molecule has 1 saturated carbocycles. The van der Waals surface area contributed by atoms with Gasteiger partial charge in [-0.25, -0.2) is 0 Å². The van der Waals surface area contributed by atoms with Gasteiger partial charge in [0.05, 0.1) is 11.5 Å². The van der Waals surface area contributed by atoms with Crippen molar-refractivity contribution < 1.29 is 9.53 Å². The zero-order valence-electron chi connectivity index (χ0n) is 15.9. The summed E-state index contributed by atoms with van der Waals surface area (Å²) in [5.74, 6) is 1.89. The molecule has 1 spiro atoms. The number of anilines is 1. The maximum atomic E-state index is 12.1. The maximum absolute atomic E-state index is 12.1. The molecule has 0 aromatic heterocycles. The largest absolute Gasteiger partial charge is 0.461 e. The summed E-state index contributed by atoms with van der Waals surface area (Å²) in [6, 6.07) is 10.5. The van der Waals surface area contributed by atoms with Crippen molar-refractivity contribution in [2.24, 2.45) is 17.8 Å². The summed E-state index contributed by atoms with van der Waals surface area (Å²) >= 11 is 0. The molecule has 1 unspecified atom stereocenters. The zero-order chi connectivity index (χ0) is 17.8. The van der Waals surface area contributed by atoms with Crippen LogP contribution in [0.25, 0.3) is 0 Å². The molecule has 1 aliphatic carbocycles. The molecule has 138 valence electrons. The first-order chi connectivity index (χ1) is 12.6. The molecular formula is C22H28N2O2. The molecule has 1 aromatic carbocycles. The summed E-state index contributed by atoms with van der Waals surface area (Å²) in [6.45, 7) is 5.18. The van der Waals surface area contributed by atoms with E-state index in [0.717, 1.165) is 18.3 Å². The summed E-state index contributed by atoms with van der Waals surface area (Å²) in [5, 5.41) is 0. The number of esters is 1. The minimum absolute atomic E-state index is 0.00903. The number of carbonyl (C=O) groups is 1. The van der Waals surface area contributed by atoms with Crippen LogP contribution >= 0.6 is 0 Å². The van der Waals surface area contributed by atoms with Crippen molar-refractivity contribution in [2.75, 3.05) is 18.5 Å². The molecule has 4 nitrogen and oxygen atoms in total. The fraction of sp³-hybridized carbons (Fsp3) is 0.682. The van der Waals surface area contributed by atoms with Crippen molar-refractivity contribution in [1.29, 1.82) is 0 Å². The van der Waals surface area contributed by atoms with E-state index in [1.807, 2.05) is 0 Å². The van der Waals surface area contributed by atoms with Crippen LogP contribution in [0.15, 0.2) is 24.3 Å². The monoisotopic (exact) mass is 352 g/mol. The van der Waals surface area contributed by atoms with Crippen molar-refractivity contribution in [1.82, 2.24) is 4.90 Å². The topological polar surface area (TPSA) is 32.8 Å². The Hall–Kier alpha value is -1.55. The Kier molecular flexibility index (Phi) is 2.88. The van der Waals surface area contributed by atoms with Gasteiger partial charge in [-0.05, 0) is 36.3 Å². The van der Waals surface area contributed by atoms with Crippen LogP contribution in [0, 0.1) is 17.8 Å². The lowest BCUT2D eigenvalue weighted by atomic mass is 9.63. The first-order valence-corrected chi connectivity index (χ1v) is 10.3. The standard InChI is InChI=1S/C22H28N2O2/c1-4-13-11-24-17-9-14(13)19-18(24)10-22(21(19)26-12(2)25)15-7-5-6-8-16(15)23(3)20(17)22/h5-8,13-14,17-21H,4,9-11H2,1-3H3/t13-,14+,17+,18+,19+,20+,21-,22-/m1/s1. The van der Waals surface area contributed by atoms with Gasteiger partial charge in [-0.15, -0.1) is 0 Å². The first-order valence-electron chi connectivity index (χ1n) is 10.3. The third-order valence-corrected chi connectivity index (χ3v) is 8.67. The quantitative estimate of drug-likeness (QED) is 0.767. The maximum Gasteiger partial charge on any atom is 0.302 e. The second-order valence-electron chi connectivity index (χ2n) is 9.32. The molecule has 5 bridgehead atoms. The van der Waals surface area contributed by atoms with Crippen LogP contribution < -0.4 is 4.90 Å². The molecular weight excluding hydrogens is 324 g/mol. The van der Waals surface area contributed by atoms with E-state index in [1.165, 1.54) is 30.6 Å². The second kappa shape index (κ2) is 4.83. The minimum atomic E-state index is -0.106. The number of benzene rings is 1. The number of hydrogen-bond acceptors (Lipinski definition) is 4. The van der Waals surface area contributed by atoms with E-state index in [1.54, 1.807) is 6.92 Å². The van der Waals surface area contributed by atoms with Crippen LogP contribution in [0.2, 0.25) is 0 Å². The van der Waals surface area contributed by atoms with E-state index >= 15 is 0 Å². The van der Waals surface area contributed by atoms with E-state index in [9.17, 15) is 4.79 Å². The van der Waals surface area contributed by atoms with Crippen molar-refractivity contribution in [3.05, 3.63) is 29.8 Å². The number of ether oxygens (including phenoxy) is 1. The van der Waals surface area contributed by atoms with Crippen LogP contribution in [-0.4, -0.2) is 48.7 Å². The number of hydrogen-bond donors (Lipinski definition) is 0. The van der Waals surface area contributed by atoms with Gasteiger partial charge in [-0.3, -0.25) is 9.69 Å². The average Bonchev–Trinajstić information content (AvgIpc) is 3.04. The second-order valence-corrected chi connectivity index (χ2v) is 9.32. The molecule has 1 aromatic rings. The fourth-order valence-electron chi connectivity index (χ4n) is 8.08. The van der Waals surface area contributed by atoms with Gasteiger partial charge in [0.15, 0.2) is 0 Å². The number of carbonyl (C=O) groups excluding carboxylic acids is 1. The lowest BCUT2D eigenvalue weighted by molar-refractivity contribution is -0.155.